The number of halogens is 2. The summed E-state index contributed by atoms with van der Waals surface area (Å²) in [5.41, 5.74) is 1.96. The number of fused-ring (bicyclic) bond motifs is 1. The molecule has 2 aromatic carbocycles. The van der Waals surface area contributed by atoms with Crippen LogP contribution in [-0.4, -0.2) is 16.1 Å². The van der Waals surface area contributed by atoms with Crippen molar-refractivity contribution < 1.29 is 13.6 Å². The minimum absolute atomic E-state index is 0.224. The zero-order chi connectivity index (χ0) is 16.6. The summed E-state index contributed by atoms with van der Waals surface area (Å²) in [4.78, 5) is 11.0. The molecule has 0 spiro atoms. The van der Waals surface area contributed by atoms with E-state index in [4.69, 9.17) is 0 Å². The Hall–Kier alpha value is -2.56. The first-order valence-electron chi connectivity index (χ1n) is 7.40. The van der Waals surface area contributed by atoms with Crippen LogP contribution in [-0.2, 0) is 6.54 Å². The number of aldehydes is 1. The highest BCUT2D eigenvalue weighted by Crippen LogP contribution is 2.31. The predicted octanol–water partition coefficient (Wildman–Crippen LogP) is 4.45. The van der Waals surface area contributed by atoms with E-state index in [9.17, 15) is 13.6 Å². The average molecular weight is 314 g/mol. The molecule has 0 saturated heterocycles. The molecular formula is C18H16F2N2O. The van der Waals surface area contributed by atoms with Crippen LogP contribution in [0, 0.1) is 17.6 Å². The lowest BCUT2D eigenvalue weighted by molar-refractivity contribution is 0.112. The maximum Gasteiger partial charge on any atom is 0.150 e. The lowest BCUT2D eigenvalue weighted by Gasteiger charge is -2.06. The molecule has 1 heterocycles. The minimum atomic E-state index is -0.669. The third-order valence-corrected chi connectivity index (χ3v) is 3.63. The Morgan fingerprint density at radius 1 is 1.17 bits per heavy atom. The van der Waals surface area contributed by atoms with Crippen molar-refractivity contribution >= 4 is 17.2 Å². The summed E-state index contributed by atoms with van der Waals surface area (Å²) in [6, 6.07) is 8.61. The number of carbonyl (C=O) groups excluding carboxylic acids is 1. The molecule has 3 aromatic rings. The van der Waals surface area contributed by atoms with Crippen LogP contribution >= 0.6 is 0 Å². The highest BCUT2D eigenvalue weighted by Gasteiger charge is 2.17. The van der Waals surface area contributed by atoms with Crippen LogP contribution < -0.4 is 0 Å². The average Bonchev–Trinajstić information content (AvgIpc) is 2.84. The summed E-state index contributed by atoms with van der Waals surface area (Å²) in [5.74, 6) is -0.946. The topological polar surface area (TPSA) is 34.9 Å². The Morgan fingerprint density at radius 2 is 1.96 bits per heavy atom. The highest BCUT2D eigenvalue weighted by molar-refractivity contribution is 5.96. The lowest BCUT2D eigenvalue weighted by atomic mass is 10.1. The van der Waals surface area contributed by atoms with Gasteiger partial charge in [-0.25, -0.2) is 8.78 Å². The van der Waals surface area contributed by atoms with E-state index in [0.717, 1.165) is 17.9 Å². The molecule has 3 nitrogen and oxygen atoms in total. The van der Waals surface area contributed by atoms with Gasteiger partial charge >= 0.3 is 0 Å². The van der Waals surface area contributed by atoms with E-state index in [1.807, 2.05) is 0 Å². The fraction of sp³-hybridized carbons (Fsp3) is 0.222. The summed E-state index contributed by atoms with van der Waals surface area (Å²) < 4.78 is 29.1. The second-order valence-corrected chi connectivity index (χ2v) is 5.94. The number of rotatable bonds is 4. The van der Waals surface area contributed by atoms with Gasteiger partial charge in [-0.15, -0.1) is 0 Å². The molecule has 0 aliphatic carbocycles. The van der Waals surface area contributed by atoms with Gasteiger partial charge in [-0.3, -0.25) is 9.48 Å². The van der Waals surface area contributed by atoms with Gasteiger partial charge in [0.2, 0.25) is 0 Å². The number of aromatic nitrogens is 2. The van der Waals surface area contributed by atoms with Crippen molar-refractivity contribution in [2.75, 3.05) is 0 Å². The maximum absolute atomic E-state index is 14.2. The highest BCUT2D eigenvalue weighted by atomic mass is 19.1. The Balaban J connectivity index is 2.27. The van der Waals surface area contributed by atoms with Crippen molar-refractivity contribution in [1.29, 1.82) is 0 Å². The van der Waals surface area contributed by atoms with E-state index < -0.39 is 11.6 Å². The molecule has 118 valence electrons. The normalized spacial score (nSPS) is 11.3. The fourth-order valence-electron chi connectivity index (χ4n) is 2.64. The molecule has 0 atom stereocenters. The number of hydrogen-bond acceptors (Lipinski definition) is 2. The maximum atomic E-state index is 14.2. The predicted molar refractivity (Wildman–Crippen MR) is 85.3 cm³/mol. The Morgan fingerprint density at radius 3 is 2.61 bits per heavy atom. The first-order valence-corrected chi connectivity index (χ1v) is 7.40. The quantitative estimate of drug-likeness (QED) is 0.667. The summed E-state index contributed by atoms with van der Waals surface area (Å²) in [6.45, 7) is 4.79. The van der Waals surface area contributed by atoms with Gasteiger partial charge in [-0.2, -0.15) is 5.10 Å². The van der Waals surface area contributed by atoms with E-state index in [-0.39, 0.29) is 5.56 Å². The zero-order valence-electron chi connectivity index (χ0n) is 12.9. The van der Waals surface area contributed by atoms with E-state index >= 15 is 0 Å². The van der Waals surface area contributed by atoms with Crippen molar-refractivity contribution in [3.05, 3.63) is 53.6 Å². The van der Waals surface area contributed by atoms with Gasteiger partial charge in [0.25, 0.3) is 0 Å². The molecule has 5 heteroatoms. The molecule has 0 radical (unpaired) electrons. The fourth-order valence-corrected chi connectivity index (χ4v) is 2.64. The molecule has 23 heavy (non-hydrogen) atoms. The molecule has 0 saturated carbocycles. The van der Waals surface area contributed by atoms with Gasteiger partial charge < -0.3 is 0 Å². The molecule has 0 aliphatic rings. The molecule has 0 bridgehead atoms. The van der Waals surface area contributed by atoms with Crippen LogP contribution in [0.2, 0.25) is 0 Å². The first-order chi connectivity index (χ1) is 11.0. The molecule has 1 aromatic heterocycles. The van der Waals surface area contributed by atoms with Gasteiger partial charge in [0.05, 0.1) is 5.52 Å². The zero-order valence-corrected chi connectivity index (χ0v) is 12.9. The summed E-state index contributed by atoms with van der Waals surface area (Å²) in [5, 5.41) is 5.19. The minimum Gasteiger partial charge on any atom is -0.298 e. The molecule has 0 amide bonds. The Labute approximate surface area is 132 Å². The lowest BCUT2D eigenvalue weighted by Crippen LogP contribution is -2.06. The van der Waals surface area contributed by atoms with Gasteiger partial charge in [-0.05, 0) is 36.2 Å². The molecular weight excluding hydrogens is 298 g/mol. The van der Waals surface area contributed by atoms with Crippen molar-refractivity contribution in [1.82, 2.24) is 9.78 Å². The van der Waals surface area contributed by atoms with Gasteiger partial charge in [0.1, 0.15) is 23.6 Å². The summed E-state index contributed by atoms with van der Waals surface area (Å²) in [7, 11) is 0. The molecule has 0 unspecified atom stereocenters. The van der Waals surface area contributed by atoms with Crippen LogP contribution in [0.15, 0.2) is 36.4 Å². The molecule has 0 N–H and O–H groups in total. The van der Waals surface area contributed by atoms with E-state index in [0.29, 0.717) is 29.1 Å². The molecule has 3 rings (SSSR count). The standard InChI is InChI=1S/C18H16F2N2O/c1-11(2)9-22-17-6-3-12(10-23)7-15(17)18(21-22)14-5-4-13(19)8-16(14)20/h3-8,10-11H,9H2,1-2H3. The second kappa shape index (κ2) is 5.91. The van der Waals surface area contributed by atoms with Crippen LogP contribution in [0.5, 0.6) is 0 Å². The van der Waals surface area contributed by atoms with E-state index in [1.165, 1.54) is 12.1 Å². The number of hydrogen-bond donors (Lipinski definition) is 0. The van der Waals surface area contributed by atoms with Crippen molar-refractivity contribution in [3.8, 4) is 11.3 Å². The second-order valence-electron chi connectivity index (χ2n) is 5.94. The Bertz CT molecular complexity index is 884. The summed E-state index contributed by atoms with van der Waals surface area (Å²) in [6.07, 6.45) is 0.740. The van der Waals surface area contributed by atoms with Crippen LogP contribution in [0.4, 0.5) is 8.78 Å². The van der Waals surface area contributed by atoms with Crippen LogP contribution in [0.25, 0.3) is 22.2 Å². The number of benzene rings is 2. The Kier molecular flexibility index (Phi) is 3.94. The van der Waals surface area contributed by atoms with E-state index in [1.54, 1.807) is 22.9 Å². The number of nitrogens with zero attached hydrogens (tertiary/aromatic N) is 2. The largest absolute Gasteiger partial charge is 0.298 e. The van der Waals surface area contributed by atoms with Gasteiger partial charge in [0.15, 0.2) is 0 Å². The molecule has 0 fully saturated rings. The molecule has 0 aliphatic heterocycles. The first kappa shape index (κ1) is 15.3. The van der Waals surface area contributed by atoms with Gasteiger partial charge in [-0.1, -0.05) is 13.8 Å². The monoisotopic (exact) mass is 314 g/mol. The van der Waals surface area contributed by atoms with Crippen molar-refractivity contribution in [2.24, 2.45) is 5.92 Å². The van der Waals surface area contributed by atoms with Crippen molar-refractivity contribution in [2.45, 2.75) is 20.4 Å². The smallest absolute Gasteiger partial charge is 0.150 e. The third kappa shape index (κ3) is 2.86. The summed E-state index contributed by atoms with van der Waals surface area (Å²) >= 11 is 0. The van der Waals surface area contributed by atoms with Crippen LogP contribution in [0.3, 0.4) is 0 Å². The third-order valence-electron chi connectivity index (χ3n) is 3.63. The van der Waals surface area contributed by atoms with Crippen LogP contribution in [0.1, 0.15) is 24.2 Å². The van der Waals surface area contributed by atoms with Gasteiger partial charge in [0, 0.05) is 29.1 Å². The van der Waals surface area contributed by atoms with E-state index in [2.05, 4.69) is 18.9 Å². The number of carbonyl (C=O) groups is 1. The van der Waals surface area contributed by atoms with Crippen molar-refractivity contribution in [3.63, 3.8) is 0 Å². The SMILES string of the molecule is CC(C)Cn1nc(-c2ccc(F)cc2F)c2cc(C=O)ccc21.